The van der Waals surface area contributed by atoms with Crippen molar-refractivity contribution in [2.75, 3.05) is 5.43 Å². The Morgan fingerprint density at radius 2 is 1.71 bits per heavy atom. The van der Waals surface area contributed by atoms with Crippen molar-refractivity contribution < 1.29 is 0 Å². The molecule has 0 saturated carbocycles. The molecular weight excluding hydrogens is 372 g/mol. The van der Waals surface area contributed by atoms with Crippen LogP contribution in [0.1, 0.15) is 11.1 Å². The minimum atomic E-state index is -0.149. The molecule has 0 radical (unpaired) electrons. The predicted octanol–water partition coefficient (Wildman–Crippen LogP) is 4.79. The van der Waals surface area contributed by atoms with Gasteiger partial charge in [0.2, 0.25) is 5.95 Å². The van der Waals surface area contributed by atoms with E-state index >= 15 is 0 Å². The van der Waals surface area contributed by atoms with Gasteiger partial charge in [-0.2, -0.15) is 5.10 Å². The number of benzene rings is 3. The largest absolute Gasteiger partial charge is 0.268 e. The Labute approximate surface area is 166 Å². The van der Waals surface area contributed by atoms with Crippen molar-refractivity contribution >= 4 is 34.7 Å². The molecule has 5 nitrogen and oxygen atoms in total. The average Bonchev–Trinajstić information content (AvgIpc) is 2.71. The summed E-state index contributed by atoms with van der Waals surface area (Å²) in [6.07, 6.45) is 1.65. The summed E-state index contributed by atoms with van der Waals surface area (Å²) in [6, 6.07) is 22.3. The van der Waals surface area contributed by atoms with E-state index in [1.54, 1.807) is 29.0 Å². The minimum absolute atomic E-state index is 0.149. The fourth-order valence-corrected chi connectivity index (χ4v) is 3.08. The monoisotopic (exact) mass is 388 g/mol. The summed E-state index contributed by atoms with van der Waals surface area (Å²) in [5.41, 5.74) is 5.99. The van der Waals surface area contributed by atoms with E-state index in [4.69, 9.17) is 11.6 Å². The number of hydrogen-bond donors (Lipinski definition) is 1. The first-order chi connectivity index (χ1) is 13.6. The molecule has 0 aliphatic heterocycles. The molecule has 0 fully saturated rings. The van der Waals surface area contributed by atoms with Crippen molar-refractivity contribution in [2.45, 2.75) is 6.92 Å². The van der Waals surface area contributed by atoms with Gasteiger partial charge in [0.25, 0.3) is 5.56 Å². The maximum Gasteiger partial charge on any atom is 0.267 e. The zero-order chi connectivity index (χ0) is 19.5. The zero-order valence-electron chi connectivity index (χ0n) is 15.1. The predicted molar refractivity (Wildman–Crippen MR) is 115 cm³/mol. The first kappa shape index (κ1) is 17.9. The van der Waals surface area contributed by atoms with Crippen LogP contribution in [0.25, 0.3) is 16.6 Å². The van der Waals surface area contributed by atoms with Crippen molar-refractivity contribution in [1.82, 2.24) is 9.55 Å². The van der Waals surface area contributed by atoms with Gasteiger partial charge in [-0.3, -0.25) is 4.79 Å². The number of hydrazone groups is 1. The Morgan fingerprint density at radius 3 is 2.50 bits per heavy atom. The van der Waals surface area contributed by atoms with Crippen LogP contribution in [0, 0.1) is 6.92 Å². The second-order valence-corrected chi connectivity index (χ2v) is 6.74. The molecule has 1 aromatic heterocycles. The summed E-state index contributed by atoms with van der Waals surface area (Å²) >= 11 is 5.91. The zero-order valence-corrected chi connectivity index (χ0v) is 15.9. The third-order valence-corrected chi connectivity index (χ3v) is 4.63. The average molecular weight is 389 g/mol. The normalized spacial score (nSPS) is 11.2. The van der Waals surface area contributed by atoms with Gasteiger partial charge in [-0.25, -0.2) is 15.0 Å². The molecule has 1 heterocycles. The summed E-state index contributed by atoms with van der Waals surface area (Å²) in [5.74, 6) is 0.350. The summed E-state index contributed by atoms with van der Waals surface area (Å²) in [5, 5.41) is 5.48. The second-order valence-electron chi connectivity index (χ2n) is 6.30. The second kappa shape index (κ2) is 7.66. The number of halogens is 1. The molecule has 4 rings (SSSR count). The molecule has 0 spiro atoms. The Bertz CT molecular complexity index is 1230. The number of aromatic nitrogens is 2. The highest BCUT2D eigenvalue weighted by Gasteiger charge is 2.13. The van der Waals surface area contributed by atoms with Gasteiger partial charge >= 0.3 is 0 Å². The van der Waals surface area contributed by atoms with Gasteiger partial charge in [-0.1, -0.05) is 54.1 Å². The van der Waals surface area contributed by atoms with Gasteiger partial charge in [-0.15, -0.1) is 0 Å². The van der Waals surface area contributed by atoms with E-state index in [-0.39, 0.29) is 5.56 Å². The standard InChI is InChI=1S/C22H17ClN4O/c1-15-6-2-5-9-20(15)27-21(28)18-7-3-4-8-19(18)25-22(27)26-24-14-16-10-12-17(23)13-11-16/h2-14H,1H3,(H,25,26)/b24-14+. The molecule has 0 aliphatic carbocycles. The fraction of sp³-hybridized carbons (Fsp3) is 0.0455. The Morgan fingerprint density at radius 1 is 1.00 bits per heavy atom. The Hall–Kier alpha value is -3.44. The quantitative estimate of drug-likeness (QED) is 0.403. The third kappa shape index (κ3) is 3.52. The van der Waals surface area contributed by atoms with Crippen LogP contribution < -0.4 is 11.0 Å². The molecule has 6 heteroatoms. The van der Waals surface area contributed by atoms with Gasteiger partial charge < -0.3 is 0 Å². The SMILES string of the molecule is Cc1ccccc1-n1c(N/N=C/c2ccc(Cl)cc2)nc2ccccc2c1=O. The number of nitrogens with zero attached hydrogens (tertiary/aromatic N) is 3. The van der Waals surface area contributed by atoms with E-state index in [2.05, 4.69) is 15.5 Å². The van der Waals surface area contributed by atoms with E-state index in [0.29, 0.717) is 21.9 Å². The maximum atomic E-state index is 13.2. The summed E-state index contributed by atoms with van der Waals surface area (Å²) in [6.45, 7) is 1.96. The number of aryl methyl sites for hydroxylation is 1. The van der Waals surface area contributed by atoms with Crippen LogP contribution >= 0.6 is 11.6 Å². The van der Waals surface area contributed by atoms with Crippen LogP contribution in [0.3, 0.4) is 0 Å². The van der Waals surface area contributed by atoms with Crippen LogP contribution in [-0.4, -0.2) is 15.8 Å². The lowest BCUT2D eigenvalue weighted by Crippen LogP contribution is -2.23. The van der Waals surface area contributed by atoms with Gasteiger partial charge in [0.05, 0.1) is 22.8 Å². The van der Waals surface area contributed by atoms with Crippen LogP contribution in [0.4, 0.5) is 5.95 Å². The lowest BCUT2D eigenvalue weighted by molar-refractivity contribution is 0.947. The molecule has 0 bridgehead atoms. The molecule has 28 heavy (non-hydrogen) atoms. The maximum absolute atomic E-state index is 13.2. The number of rotatable bonds is 4. The number of nitrogens with one attached hydrogen (secondary N) is 1. The molecule has 3 aromatic carbocycles. The molecular formula is C22H17ClN4O. The number of anilines is 1. The molecule has 0 unspecified atom stereocenters. The van der Waals surface area contributed by atoms with Crippen LogP contribution in [0.2, 0.25) is 5.02 Å². The van der Waals surface area contributed by atoms with Gasteiger partial charge in [0, 0.05) is 5.02 Å². The van der Waals surface area contributed by atoms with Crippen LogP contribution in [0.15, 0.2) is 82.7 Å². The lowest BCUT2D eigenvalue weighted by atomic mass is 10.2. The highest BCUT2D eigenvalue weighted by atomic mass is 35.5. The van der Waals surface area contributed by atoms with Crippen LogP contribution in [-0.2, 0) is 0 Å². The topological polar surface area (TPSA) is 59.3 Å². The highest BCUT2D eigenvalue weighted by Crippen LogP contribution is 2.19. The van der Waals surface area contributed by atoms with Crippen molar-refractivity contribution in [3.05, 3.63) is 99.3 Å². The summed E-state index contributed by atoms with van der Waals surface area (Å²) in [7, 11) is 0. The summed E-state index contributed by atoms with van der Waals surface area (Å²) < 4.78 is 1.55. The highest BCUT2D eigenvalue weighted by molar-refractivity contribution is 6.30. The van der Waals surface area contributed by atoms with E-state index in [9.17, 15) is 4.79 Å². The first-order valence-electron chi connectivity index (χ1n) is 8.76. The van der Waals surface area contributed by atoms with E-state index < -0.39 is 0 Å². The number of fused-ring (bicyclic) bond motifs is 1. The third-order valence-electron chi connectivity index (χ3n) is 4.38. The summed E-state index contributed by atoms with van der Waals surface area (Å²) in [4.78, 5) is 17.8. The molecule has 0 amide bonds. The van der Waals surface area contributed by atoms with Crippen molar-refractivity contribution in [1.29, 1.82) is 0 Å². The first-order valence-corrected chi connectivity index (χ1v) is 9.14. The lowest BCUT2D eigenvalue weighted by Gasteiger charge is -2.14. The number of hydrogen-bond acceptors (Lipinski definition) is 4. The Balaban J connectivity index is 1.82. The fourth-order valence-electron chi connectivity index (χ4n) is 2.96. The smallest absolute Gasteiger partial charge is 0.267 e. The van der Waals surface area contributed by atoms with E-state index in [1.807, 2.05) is 61.5 Å². The molecule has 4 aromatic rings. The minimum Gasteiger partial charge on any atom is -0.268 e. The van der Waals surface area contributed by atoms with Gasteiger partial charge in [0.1, 0.15) is 0 Å². The molecule has 0 saturated heterocycles. The molecule has 1 N–H and O–H groups in total. The van der Waals surface area contributed by atoms with Crippen molar-refractivity contribution in [3.8, 4) is 5.69 Å². The van der Waals surface area contributed by atoms with Gasteiger partial charge in [0.15, 0.2) is 0 Å². The van der Waals surface area contributed by atoms with E-state index in [0.717, 1.165) is 16.8 Å². The van der Waals surface area contributed by atoms with Crippen molar-refractivity contribution in [3.63, 3.8) is 0 Å². The Kier molecular flexibility index (Phi) is 4.91. The van der Waals surface area contributed by atoms with Crippen molar-refractivity contribution in [2.24, 2.45) is 5.10 Å². The molecule has 138 valence electrons. The van der Waals surface area contributed by atoms with Crippen LogP contribution in [0.5, 0.6) is 0 Å². The molecule has 0 atom stereocenters. The molecule has 0 aliphatic rings. The van der Waals surface area contributed by atoms with E-state index in [1.165, 1.54) is 0 Å². The number of para-hydroxylation sites is 2. The van der Waals surface area contributed by atoms with Gasteiger partial charge in [-0.05, 0) is 48.4 Å².